The van der Waals surface area contributed by atoms with Crippen molar-refractivity contribution in [3.63, 3.8) is 0 Å². The lowest BCUT2D eigenvalue weighted by Crippen LogP contribution is -2.17. The van der Waals surface area contributed by atoms with Gasteiger partial charge in [-0.05, 0) is 52.9 Å². The molecule has 0 aliphatic rings. The predicted octanol–water partition coefficient (Wildman–Crippen LogP) is 5.34. The van der Waals surface area contributed by atoms with E-state index in [2.05, 4.69) is 25.5 Å². The number of ether oxygens (including phenoxy) is 1. The molecule has 142 valence electrons. The summed E-state index contributed by atoms with van der Waals surface area (Å²) in [4.78, 5) is 0.157. The minimum absolute atomic E-state index is 0.157. The first kappa shape index (κ1) is 19.2. The molecule has 0 atom stereocenters. The summed E-state index contributed by atoms with van der Waals surface area (Å²) >= 11 is 0. The van der Waals surface area contributed by atoms with E-state index in [1.807, 2.05) is 49.4 Å². The van der Waals surface area contributed by atoms with E-state index >= 15 is 0 Å². The molecule has 3 aromatic rings. The average molecular weight is 384 g/mol. The predicted molar refractivity (Wildman–Crippen MR) is 111 cm³/mol. The average Bonchev–Trinajstić information content (AvgIpc) is 2.61. The van der Waals surface area contributed by atoms with E-state index in [-0.39, 0.29) is 10.3 Å². The van der Waals surface area contributed by atoms with Crippen LogP contribution in [0, 0.1) is 0 Å². The van der Waals surface area contributed by atoms with E-state index in [9.17, 15) is 8.42 Å². The number of fused-ring (bicyclic) bond motifs is 1. The summed E-state index contributed by atoms with van der Waals surface area (Å²) in [6.07, 6.45) is 0. The Morgan fingerprint density at radius 3 is 2.30 bits per heavy atom. The van der Waals surface area contributed by atoms with Crippen LogP contribution in [-0.2, 0) is 15.4 Å². The van der Waals surface area contributed by atoms with Crippen molar-refractivity contribution in [1.29, 1.82) is 0 Å². The second-order valence-electron chi connectivity index (χ2n) is 7.51. The van der Waals surface area contributed by atoms with Crippen LogP contribution in [0.5, 0.6) is 5.75 Å². The van der Waals surface area contributed by atoms with Crippen LogP contribution in [0.25, 0.3) is 10.8 Å². The SMILES string of the molecule is CCOc1ccc(C(C)(C)C)cc1S(=O)(=O)Nc1ccc2ccccc2c1. The highest BCUT2D eigenvalue weighted by Crippen LogP contribution is 2.32. The molecule has 5 heteroatoms. The molecule has 0 aromatic heterocycles. The summed E-state index contributed by atoms with van der Waals surface area (Å²) in [5.41, 5.74) is 1.29. The largest absolute Gasteiger partial charge is 0.492 e. The quantitative estimate of drug-likeness (QED) is 0.647. The summed E-state index contributed by atoms with van der Waals surface area (Å²) in [5.74, 6) is 0.360. The fourth-order valence-electron chi connectivity index (χ4n) is 2.92. The standard InChI is InChI=1S/C22H25NO3S/c1-5-26-20-13-11-18(22(2,3)4)15-21(20)27(24,25)23-19-12-10-16-8-6-7-9-17(16)14-19/h6-15,23H,5H2,1-4H3. The first-order valence-corrected chi connectivity index (χ1v) is 10.5. The molecule has 0 unspecified atom stereocenters. The van der Waals surface area contributed by atoms with Crippen molar-refractivity contribution >= 4 is 26.5 Å². The second-order valence-corrected chi connectivity index (χ2v) is 9.16. The highest BCUT2D eigenvalue weighted by molar-refractivity contribution is 7.92. The van der Waals surface area contributed by atoms with E-state index in [0.717, 1.165) is 16.3 Å². The van der Waals surface area contributed by atoms with Crippen LogP contribution in [0.15, 0.2) is 65.6 Å². The molecule has 0 heterocycles. The summed E-state index contributed by atoms with van der Waals surface area (Å²) in [7, 11) is -3.79. The van der Waals surface area contributed by atoms with Crippen LogP contribution in [0.2, 0.25) is 0 Å². The van der Waals surface area contributed by atoms with Crippen molar-refractivity contribution in [2.45, 2.75) is 38.0 Å². The smallest absolute Gasteiger partial charge is 0.265 e. The van der Waals surface area contributed by atoms with Crippen molar-refractivity contribution in [1.82, 2.24) is 0 Å². The van der Waals surface area contributed by atoms with E-state index in [4.69, 9.17) is 4.74 Å². The van der Waals surface area contributed by atoms with Gasteiger partial charge < -0.3 is 4.74 Å². The molecule has 0 amide bonds. The number of anilines is 1. The van der Waals surface area contributed by atoms with Crippen LogP contribution in [0.1, 0.15) is 33.3 Å². The normalized spacial score (nSPS) is 12.1. The van der Waals surface area contributed by atoms with E-state index < -0.39 is 10.0 Å². The number of nitrogens with one attached hydrogen (secondary N) is 1. The maximum absolute atomic E-state index is 13.1. The number of benzene rings is 3. The van der Waals surface area contributed by atoms with Crippen LogP contribution in [0.3, 0.4) is 0 Å². The molecule has 3 rings (SSSR count). The Balaban J connectivity index is 2.04. The molecule has 0 radical (unpaired) electrons. The lowest BCUT2D eigenvalue weighted by Gasteiger charge is -2.21. The summed E-state index contributed by atoms with van der Waals surface area (Å²) in [5, 5.41) is 2.04. The lowest BCUT2D eigenvalue weighted by molar-refractivity contribution is 0.331. The summed E-state index contributed by atoms with van der Waals surface area (Å²) < 4.78 is 34.5. The number of rotatable bonds is 5. The molecular formula is C22H25NO3S. The van der Waals surface area contributed by atoms with E-state index in [1.165, 1.54) is 0 Å². The van der Waals surface area contributed by atoms with E-state index in [0.29, 0.717) is 18.0 Å². The summed E-state index contributed by atoms with van der Waals surface area (Å²) in [6, 6.07) is 18.7. The molecule has 0 aliphatic carbocycles. The number of sulfonamides is 1. The molecule has 0 spiro atoms. The number of hydrogen-bond acceptors (Lipinski definition) is 3. The minimum atomic E-state index is -3.79. The Kier molecular flexibility index (Phi) is 5.16. The van der Waals surface area contributed by atoms with Crippen molar-refractivity contribution in [3.05, 3.63) is 66.2 Å². The lowest BCUT2D eigenvalue weighted by atomic mass is 9.87. The third-order valence-electron chi connectivity index (χ3n) is 4.40. The Bertz CT molecular complexity index is 1070. The zero-order valence-corrected chi connectivity index (χ0v) is 16.9. The fraction of sp³-hybridized carbons (Fsp3) is 0.273. The second kappa shape index (κ2) is 7.24. The fourth-order valence-corrected chi connectivity index (χ4v) is 4.14. The molecular weight excluding hydrogens is 358 g/mol. The molecule has 0 fully saturated rings. The Labute approximate surface area is 161 Å². The first-order chi connectivity index (χ1) is 12.7. The van der Waals surface area contributed by atoms with Crippen LogP contribution in [0.4, 0.5) is 5.69 Å². The van der Waals surface area contributed by atoms with Crippen molar-refractivity contribution in [2.75, 3.05) is 11.3 Å². The Hall–Kier alpha value is -2.53. The van der Waals surface area contributed by atoms with Crippen LogP contribution >= 0.6 is 0 Å². The van der Waals surface area contributed by atoms with Crippen molar-refractivity contribution < 1.29 is 13.2 Å². The maximum atomic E-state index is 13.1. The van der Waals surface area contributed by atoms with Gasteiger partial charge in [-0.2, -0.15) is 0 Å². The maximum Gasteiger partial charge on any atom is 0.265 e. The Morgan fingerprint density at radius 1 is 0.926 bits per heavy atom. The highest BCUT2D eigenvalue weighted by atomic mass is 32.2. The molecule has 4 nitrogen and oxygen atoms in total. The zero-order valence-electron chi connectivity index (χ0n) is 16.1. The van der Waals surface area contributed by atoms with Gasteiger partial charge in [0.1, 0.15) is 10.6 Å². The molecule has 0 saturated heterocycles. The molecule has 3 aromatic carbocycles. The highest BCUT2D eigenvalue weighted by Gasteiger charge is 2.24. The molecule has 27 heavy (non-hydrogen) atoms. The molecule has 0 bridgehead atoms. The third-order valence-corrected chi connectivity index (χ3v) is 5.80. The van der Waals surface area contributed by atoms with E-state index in [1.54, 1.807) is 18.2 Å². The van der Waals surface area contributed by atoms with Gasteiger partial charge >= 0.3 is 0 Å². The third kappa shape index (κ3) is 4.25. The first-order valence-electron chi connectivity index (χ1n) is 8.99. The minimum Gasteiger partial charge on any atom is -0.492 e. The van der Waals surface area contributed by atoms with Gasteiger partial charge in [-0.25, -0.2) is 8.42 Å². The molecule has 1 N–H and O–H groups in total. The van der Waals surface area contributed by atoms with Gasteiger partial charge in [0.15, 0.2) is 0 Å². The van der Waals surface area contributed by atoms with Gasteiger partial charge in [0.2, 0.25) is 0 Å². The van der Waals surface area contributed by atoms with Gasteiger partial charge in [0, 0.05) is 5.69 Å². The zero-order chi connectivity index (χ0) is 19.7. The summed E-state index contributed by atoms with van der Waals surface area (Å²) in [6.45, 7) is 8.39. The monoisotopic (exact) mass is 383 g/mol. The van der Waals surface area contributed by atoms with Crippen LogP contribution < -0.4 is 9.46 Å². The topological polar surface area (TPSA) is 55.4 Å². The van der Waals surface area contributed by atoms with Gasteiger partial charge in [-0.15, -0.1) is 0 Å². The van der Waals surface area contributed by atoms with Crippen molar-refractivity contribution in [2.24, 2.45) is 0 Å². The van der Waals surface area contributed by atoms with Gasteiger partial charge in [0.05, 0.1) is 6.61 Å². The molecule has 0 saturated carbocycles. The van der Waals surface area contributed by atoms with Gasteiger partial charge in [0.25, 0.3) is 10.0 Å². The van der Waals surface area contributed by atoms with Crippen molar-refractivity contribution in [3.8, 4) is 5.75 Å². The van der Waals surface area contributed by atoms with Gasteiger partial charge in [-0.3, -0.25) is 4.72 Å². The molecule has 0 aliphatic heterocycles. The van der Waals surface area contributed by atoms with Crippen LogP contribution in [-0.4, -0.2) is 15.0 Å². The van der Waals surface area contributed by atoms with Gasteiger partial charge in [-0.1, -0.05) is 57.2 Å². The Morgan fingerprint density at radius 2 is 1.63 bits per heavy atom. The number of hydrogen-bond donors (Lipinski definition) is 1.